The summed E-state index contributed by atoms with van der Waals surface area (Å²) in [6.45, 7) is 7.58. The van der Waals surface area contributed by atoms with Crippen molar-refractivity contribution in [1.29, 1.82) is 0 Å². The Morgan fingerprint density at radius 1 is 1.17 bits per heavy atom. The molecule has 0 amide bonds. The van der Waals surface area contributed by atoms with Gasteiger partial charge in [0.05, 0.1) is 19.8 Å². The summed E-state index contributed by atoms with van der Waals surface area (Å²) in [5.41, 5.74) is 4.79. The molecule has 0 unspecified atom stereocenters. The van der Waals surface area contributed by atoms with E-state index < -0.39 is 0 Å². The third-order valence-corrected chi connectivity index (χ3v) is 6.01. The number of benzene rings is 2. The summed E-state index contributed by atoms with van der Waals surface area (Å²) in [6.07, 6.45) is 0.896. The molecule has 2 atom stereocenters. The summed E-state index contributed by atoms with van der Waals surface area (Å²) in [5.74, 6) is 0.808. The fraction of sp³-hybridized carbons (Fsp3) is 0.400. The van der Waals surface area contributed by atoms with Gasteiger partial charge < -0.3 is 14.5 Å². The Hall–Kier alpha value is -2.79. The van der Waals surface area contributed by atoms with Crippen molar-refractivity contribution >= 4 is 16.9 Å². The lowest BCUT2D eigenvalue weighted by molar-refractivity contribution is -0.150. The van der Waals surface area contributed by atoms with Crippen LogP contribution in [-0.4, -0.2) is 42.2 Å². The molecular formula is C25H30N2O3. The van der Waals surface area contributed by atoms with Crippen LogP contribution in [0, 0.1) is 5.92 Å². The highest BCUT2D eigenvalue weighted by Crippen LogP contribution is 2.40. The largest absolute Gasteiger partial charge is 0.494 e. The molecule has 158 valence electrons. The topological polar surface area (TPSA) is 54.6 Å². The SMILES string of the molecule is CCOc1ccc([C@H]2c3[nH]c4ccccc4c3CCN2[C@H](C(=O)OC)C(C)C)cc1. The first-order chi connectivity index (χ1) is 14.5. The maximum Gasteiger partial charge on any atom is 0.323 e. The fourth-order valence-electron chi connectivity index (χ4n) is 4.74. The maximum absolute atomic E-state index is 12.8. The van der Waals surface area contributed by atoms with Gasteiger partial charge in [0.2, 0.25) is 0 Å². The molecule has 0 radical (unpaired) electrons. The summed E-state index contributed by atoms with van der Waals surface area (Å²) in [6, 6.07) is 16.3. The van der Waals surface area contributed by atoms with E-state index in [2.05, 4.69) is 60.1 Å². The first kappa shape index (κ1) is 20.5. The molecule has 0 saturated carbocycles. The molecule has 1 N–H and O–H groups in total. The highest BCUT2D eigenvalue weighted by atomic mass is 16.5. The van der Waals surface area contributed by atoms with Gasteiger partial charge >= 0.3 is 5.97 Å². The number of methoxy groups -OCH3 is 1. The number of para-hydroxylation sites is 1. The third-order valence-electron chi connectivity index (χ3n) is 6.01. The zero-order chi connectivity index (χ0) is 21.3. The highest BCUT2D eigenvalue weighted by molar-refractivity contribution is 5.85. The van der Waals surface area contributed by atoms with Crippen molar-refractivity contribution < 1.29 is 14.3 Å². The smallest absolute Gasteiger partial charge is 0.323 e. The molecular weight excluding hydrogens is 376 g/mol. The van der Waals surface area contributed by atoms with Crippen molar-refractivity contribution in [3.05, 3.63) is 65.4 Å². The van der Waals surface area contributed by atoms with E-state index in [1.54, 1.807) is 0 Å². The molecule has 0 fully saturated rings. The van der Waals surface area contributed by atoms with Crippen LogP contribution in [0.1, 0.15) is 43.6 Å². The molecule has 4 rings (SSSR count). The lowest BCUT2D eigenvalue weighted by atomic mass is 9.88. The number of aromatic amines is 1. The minimum Gasteiger partial charge on any atom is -0.494 e. The predicted molar refractivity (Wildman–Crippen MR) is 119 cm³/mol. The maximum atomic E-state index is 12.8. The number of H-pyrrole nitrogens is 1. The second kappa shape index (κ2) is 8.52. The second-order valence-corrected chi connectivity index (χ2v) is 8.17. The van der Waals surface area contributed by atoms with Crippen molar-refractivity contribution in [3.8, 4) is 5.75 Å². The van der Waals surface area contributed by atoms with Gasteiger partial charge in [-0.3, -0.25) is 9.69 Å². The number of aromatic nitrogens is 1. The molecule has 0 spiro atoms. The van der Waals surface area contributed by atoms with Gasteiger partial charge in [-0.25, -0.2) is 0 Å². The van der Waals surface area contributed by atoms with Crippen LogP contribution >= 0.6 is 0 Å². The number of ether oxygens (including phenoxy) is 2. The van der Waals surface area contributed by atoms with Gasteiger partial charge in [-0.2, -0.15) is 0 Å². The van der Waals surface area contributed by atoms with Crippen LogP contribution in [0.25, 0.3) is 10.9 Å². The number of esters is 1. The molecule has 1 aliphatic rings. The van der Waals surface area contributed by atoms with Crippen LogP contribution in [0.4, 0.5) is 0 Å². The minimum atomic E-state index is -0.314. The van der Waals surface area contributed by atoms with E-state index in [0.717, 1.165) is 29.8 Å². The highest BCUT2D eigenvalue weighted by Gasteiger charge is 2.40. The molecule has 5 heteroatoms. The van der Waals surface area contributed by atoms with Crippen LogP contribution in [0.5, 0.6) is 5.75 Å². The van der Waals surface area contributed by atoms with E-state index >= 15 is 0 Å². The van der Waals surface area contributed by atoms with Crippen molar-refractivity contribution in [2.24, 2.45) is 5.92 Å². The van der Waals surface area contributed by atoms with Gasteiger partial charge in [0, 0.05) is 23.1 Å². The van der Waals surface area contributed by atoms with Crippen molar-refractivity contribution in [1.82, 2.24) is 9.88 Å². The number of hydrogen-bond acceptors (Lipinski definition) is 4. The molecule has 1 aliphatic heterocycles. The average Bonchev–Trinajstić information content (AvgIpc) is 3.13. The molecule has 0 saturated heterocycles. The number of carbonyl (C=O) groups is 1. The molecule has 2 heterocycles. The van der Waals surface area contributed by atoms with E-state index in [4.69, 9.17) is 9.47 Å². The minimum absolute atomic E-state index is 0.0525. The van der Waals surface area contributed by atoms with Crippen LogP contribution in [0.15, 0.2) is 48.5 Å². The first-order valence-electron chi connectivity index (χ1n) is 10.7. The Labute approximate surface area is 178 Å². The van der Waals surface area contributed by atoms with Gasteiger partial charge in [0.15, 0.2) is 0 Å². The van der Waals surface area contributed by atoms with E-state index in [-0.39, 0.29) is 24.0 Å². The first-order valence-corrected chi connectivity index (χ1v) is 10.7. The number of carbonyl (C=O) groups excluding carboxylic acids is 1. The third kappa shape index (κ3) is 3.58. The van der Waals surface area contributed by atoms with Gasteiger partial charge in [-0.05, 0) is 48.6 Å². The molecule has 2 aromatic carbocycles. The molecule has 5 nitrogen and oxygen atoms in total. The quantitative estimate of drug-likeness (QED) is 0.602. The number of rotatable bonds is 6. The number of hydrogen-bond donors (Lipinski definition) is 1. The molecule has 3 aromatic rings. The second-order valence-electron chi connectivity index (χ2n) is 8.17. The van der Waals surface area contributed by atoms with E-state index in [1.807, 2.05) is 19.1 Å². The Morgan fingerprint density at radius 2 is 1.90 bits per heavy atom. The van der Waals surface area contributed by atoms with E-state index in [1.165, 1.54) is 23.8 Å². The standard InChI is InChI=1S/C25H30N2O3/c1-5-30-18-12-10-17(11-13-18)24-22-20(19-8-6-7-9-21(19)26-22)14-15-27(24)23(16(2)3)25(28)29-4/h6-13,16,23-24,26H,5,14-15H2,1-4H3/t23-,24-/m0/s1. The zero-order valence-electron chi connectivity index (χ0n) is 18.1. The summed E-state index contributed by atoms with van der Waals surface area (Å²) in [4.78, 5) is 18.7. The van der Waals surface area contributed by atoms with Crippen molar-refractivity contribution in [3.63, 3.8) is 0 Å². The zero-order valence-corrected chi connectivity index (χ0v) is 18.1. The predicted octanol–water partition coefficient (Wildman–Crippen LogP) is 4.71. The monoisotopic (exact) mass is 406 g/mol. The molecule has 0 bridgehead atoms. The van der Waals surface area contributed by atoms with Gasteiger partial charge in [-0.15, -0.1) is 0 Å². The molecule has 1 aromatic heterocycles. The van der Waals surface area contributed by atoms with Gasteiger partial charge in [0.1, 0.15) is 11.8 Å². The summed E-state index contributed by atoms with van der Waals surface area (Å²) in [7, 11) is 1.47. The van der Waals surface area contributed by atoms with Crippen LogP contribution in [0.3, 0.4) is 0 Å². The Kier molecular flexibility index (Phi) is 5.82. The lowest BCUT2D eigenvalue weighted by Gasteiger charge is -2.41. The van der Waals surface area contributed by atoms with E-state index in [0.29, 0.717) is 6.61 Å². The number of nitrogens with zero attached hydrogens (tertiary/aromatic N) is 1. The Bertz CT molecular complexity index is 1020. The Balaban J connectivity index is 1.85. The van der Waals surface area contributed by atoms with Gasteiger partial charge in [0.25, 0.3) is 0 Å². The van der Waals surface area contributed by atoms with E-state index in [9.17, 15) is 4.79 Å². The summed E-state index contributed by atoms with van der Waals surface area (Å²) >= 11 is 0. The van der Waals surface area contributed by atoms with Crippen LogP contribution < -0.4 is 4.74 Å². The molecule has 30 heavy (non-hydrogen) atoms. The fourth-order valence-corrected chi connectivity index (χ4v) is 4.74. The Morgan fingerprint density at radius 3 is 2.57 bits per heavy atom. The average molecular weight is 407 g/mol. The van der Waals surface area contributed by atoms with Crippen LogP contribution in [0.2, 0.25) is 0 Å². The van der Waals surface area contributed by atoms with Crippen molar-refractivity contribution in [2.45, 2.75) is 39.3 Å². The number of fused-ring (bicyclic) bond motifs is 3. The normalized spacial score (nSPS) is 17.7. The van der Waals surface area contributed by atoms with Crippen LogP contribution in [-0.2, 0) is 16.0 Å². The lowest BCUT2D eigenvalue weighted by Crippen LogP contribution is -2.50. The number of nitrogens with one attached hydrogen (secondary N) is 1. The van der Waals surface area contributed by atoms with Gasteiger partial charge in [-0.1, -0.05) is 44.2 Å². The molecule has 0 aliphatic carbocycles. The summed E-state index contributed by atoms with van der Waals surface area (Å²) in [5, 5.41) is 1.27. The van der Waals surface area contributed by atoms with Crippen molar-refractivity contribution in [2.75, 3.05) is 20.3 Å². The summed E-state index contributed by atoms with van der Waals surface area (Å²) < 4.78 is 10.8.